The molecular formula is C30H26F3NO3. The van der Waals surface area contributed by atoms with Crippen molar-refractivity contribution in [2.75, 3.05) is 19.7 Å². The Labute approximate surface area is 213 Å². The molecule has 0 aliphatic carbocycles. The number of rotatable bonds is 6. The van der Waals surface area contributed by atoms with E-state index in [9.17, 15) is 22.8 Å². The van der Waals surface area contributed by atoms with E-state index in [-0.39, 0.29) is 36.2 Å². The Kier molecular flexibility index (Phi) is 7.92. The number of ketones is 1. The van der Waals surface area contributed by atoms with Gasteiger partial charge in [0.2, 0.25) is 0 Å². The van der Waals surface area contributed by atoms with E-state index in [1.807, 2.05) is 6.92 Å². The van der Waals surface area contributed by atoms with Gasteiger partial charge in [-0.1, -0.05) is 31.2 Å². The van der Waals surface area contributed by atoms with Gasteiger partial charge in [0.1, 0.15) is 11.6 Å². The summed E-state index contributed by atoms with van der Waals surface area (Å²) in [7, 11) is 0. The predicted octanol–water partition coefficient (Wildman–Crippen LogP) is 6.39. The van der Waals surface area contributed by atoms with Crippen LogP contribution in [0.4, 0.5) is 13.2 Å². The minimum absolute atomic E-state index is 0.0192. The Morgan fingerprint density at radius 1 is 0.892 bits per heavy atom. The van der Waals surface area contributed by atoms with Crippen LogP contribution in [0.3, 0.4) is 0 Å². The third-order valence-electron chi connectivity index (χ3n) is 5.98. The van der Waals surface area contributed by atoms with Gasteiger partial charge in [-0.2, -0.15) is 0 Å². The maximum atomic E-state index is 13.8. The lowest BCUT2D eigenvalue weighted by atomic mass is 9.93. The van der Waals surface area contributed by atoms with Crippen molar-refractivity contribution >= 4 is 23.8 Å². The minimum atomic E-state index is -1.04. The number of halogens is 3. The number of hydrogen-bond acceptors (Lipinski definition) is 3. The molecule has 1 aliphatic heterocycles. The molecular weight excluding hydrogens is 479 g/mol. The van der Waals surface area contributed by atoms with Crippen LogP contribution < -0.4 is 4.74 Å². The number of benzene rings is 3. The van der Waals surface area contributed by atoms with Crippen molar-refractivity contribution < 1.29 is 27.5 Å². The van der Waals surface area contributed by atoms with E-state index in [0.29, 0.717) is 40.2 Å². The molecule has 0 spiro atoms. The molecule has 0 aromatic heterocycles. The summed E-state index contributed by atoms with van der Waals surface area (Å²) in [6, 6.07) is 14.7. The monoisotopic (exact) mass is 505 g/mol. The van der Waals surface area contributed by atoms with E-state index < -0.39 is 11.6 Å². The molecule has 1 fully saturated rings. The highest BCUT2D eigenvalue weighted by atomic mass is 19.2. The maximum absolute atomic E-state index is 13.8. The topological polar surface area (TPSA) is 46.6 Å². The third kappa shape index (κ3) is 6.00. The molecule has 4 nitrogen and oxygen atoms in total. The van der Waals surface area contributed by atoms with Gasteiger partial charge in [0.15, 0.2) is 17.4 Å². The number of carbonyl (C=O) groups excluding carboxylic acids is 2. The normalized spacial score (nSPS) is 15.9. The highest BCUT2D eigenvalue weighted by Gasteiger charge is 2.31. The van der Waals surface area contributed by atoms with Crippen molar-refractivity contribution in [3.63, 3.8) is 0 Å². The predicted molar refractivity (Wildman–Crippen MR) is 137 cm³/mol. The Morgan fingerprint density at radius 3 is 2.14 bits per heavy atom. The van der Waals surface area contributed by atoms with Gasteiger partial charge < -0.3 is 9.64 Å². The van der Waals surface area contributed by atoms with Gasteiger partial charge in [-0.3, -0.25) is 9.59 Å². The SMILES string of the molecule is CCCOc1ccccc1C(=O)N1C/C(=C\c2ccc(F)c(C)c2)C(=O)/C(=C/c2ccc(F)c(F)c2)C1. The number of ether oxygens (including phenoxy) is 1. The minimum Gasteiger partial charge on any atom is -0.493 e. The Balaban J connectivity index is 1.75. The summed E-state index contributed by atoms with van der Waals surface area (Å²) in [5.41, 5.74) is 2.23. The van der Waals surface area contributed by atoms with Gasteiger partial charge in [0.25, 0.3) is 5.91 Å². The second-order valence-corrected chi connectivity index (χ2v) is 8.86. The largest absolute Gasteiger partial charge is 0.493 e. The van der Waals surface area contributed by atoms with Crippen molar-refractivity contribution in [1.29, 1.82) is 0 Å². The van der Waals surface area contributed by atoms with Crippen molar-refractivity contribution in [2.24, 2.45) is 0 Å². The lowest BCUT2D eigenvalue weighted by Gasteiger charge is -2.30. The van der Waals surface area contributed by atoms with E-state index in [4.69, 9.17) is 4.74 Å². The zero-order chi connectivity index (χ0) is 26.5. The molecule has 4 rings (SSSR count). The molecule has 1 aliphatic rings. The lowest BCUT2D eigenvalue weighted by Crippen LogP contribution is -2.41. The molecule has 0 saturated carbocycles. The Bertz CT molecular complexity index is 1340. The van der Waals surface area contributed by atoms with E-state index in [2.05, 4.69) is 0 Å². The fourth-order valence-corrected chi connectivity index (χ4v) is 4.10. The number of amides is 1. The van der Waals surface area contributed by atoms with E-state index in [0.717, 1.165) is 18.6 Å². The van der Waals surface area contributed by atoms with Crippen molar-refractivity contribution in [3.8, 4) is 5.75 Å². The van der Waals surface area contributed by atoms with Gasteiger partial charge in [-0.15, -0.1) is 0 Å². The van der Waals surface area contributed by atoms with Gasteiger partial charge >= 0.3 is 0 Å². The first-order valence-electron chi connectivity index (χ1n) is 11.9. The third-order valence-corrected chi connectivity index (χ3v) is 5.98. The average molecular weight is 506 g/mol. The first-order valence-corrected chi connectivity index (χ1v) is 11.9. The molecule has 3 aromatic carbocycles. The lowest BCUT2D eigenvalue weighted by molar-refractivity contribution is -0.113. The average Bonchev–Trinajstić information content (AvgIpc) is 2.89. The second kappa shape index (κ2) is 11.3. The number of carbonyl (C=O) groups is 2. The molecule has 37 heavy (non-hydrogen) atoms. The fourth-order valence-electron chi connectivity index (χ4n) is 4.10. The Hall–Kier alpha value is -4.13. The Morgan fingerprint density at radius 2 is 1.51 bits per heavy atom. The van der Waals surface area contributed by atoms with Crippen molar-refractivity contribution in [3.05, 3.63) is 112 Å². The molecule has 190 valence electrons. The summed E-state index contributed by atoms with van der Waals surface area (Å²) >= 11 is 0. The maximum Gasteiger partial charge on any atom is 0.258 e. The number of likely N-dealkylation sites (tertiary alicyclic amines) is 1. The van der Waals surface area contributed by atoms with E-state index in [1.54, 1.807) is 49.4 Å². The van der Waals surface area contributed by atoms with Crippen LogP contribution in [0.15, 0.2) is 71.8 Å². The molecule has 0 radical (unpaired) electrons. The van der Waals surface area contributed by atoms with Crippen LogP contribution in [0.1, 0.15) is 40.4 Å². The number of para-hydroxylation sites is 1. The number of aryl methyl sites for hydroxylation is 1. The summed E-state index contributed by atoms with van der Waals surface area (Å²) in [4.78, 5) is 28.5. The standard InChI is InChI=1S/C30H26F3NO3/c1-3-12-37-28-7-5-4-6-24(28)30(36)34-17-22(14-20-8-10-25(31)19(2)13-20)29(35)23(18-34)15-21-9-11-26(32)27(33)16-21/h4-11,13-16H,3,12,17-18H2,1-2H3/b22-14+,23-15+. The number of Topliss-reactive ketones (excluding diaryl/α,β-unsaturated/α-hetero) is 1. The molecule has 0 atom stereocenters. The molecule has 1 heterocycles. The first-order chi connectivity index (χ1) is 17.8. The highest BCUT2D eigenvalue weighted by Crippen LogP contribution is 2.27. The van der Waals surface area contributed by atoms with Crippen LogP contribution in [-0.4, -0.2) is 36.3 Å². The van der Waals surface area contributed by atoms with Gasteiger partial charge in [0, 0.05) is 11.1 Å². The van der Waals surface area contributed by atoms with Gasteiger partial charge in [-0.05, 0) is 78.6 Å². The van der Waals surface area contributed by atoms with Crippen LogP contribution in [-0.2, 0) is 4.79 Å². The van der Waals surface area contributed by atoms with Crippen LogP contribution in [0.5, 0.6) is 5.75 Å². The summed E-state index contributed by atoms with van der Waals surface area (Å²) in [6.07, 6.45) is 3.84. The fraction of sp³-hybridized carbons (Fsp3) is 0.200. The summed E-state index contributed by atoms with van der Waals surface area (Å²) in [5.74, 6) is -2.62. The molecule has 1 saturated heterocycles. The van der Waals surface area contributed by atoms with Crippen LogP contribution in [0.2, 0.25) is 0 Å². The van der Waals surface area contributed by atoms with E-state index in [1.165, 1.54) is 23.1 Å². The smallest absolute Gasteiger partial charge is 0.258 e. The zero-order valence-corrected chi connectivity index (χ0v) is 20.6. The molecule has 7 heteroatoms. The van der Waals surface area contributed by atoms with Crippen LogP contribution in [0.25, 0.3) is 12.2 Å². The van der Waals surface area contributed by atoms with Crippen molar-refractivity contribution in [2.45, 2.75) is 20.3 Å². The van der Waals surface area contributed by atoms with E-state index >= 15 is 0 Å². The number of hydrogen-bond donors (Lipinski definition) is 0. The van der Waals surface area contributed by atoms with Gasteiger partial charge in [-0.25, -0.2) is 13.2 Å². The molecule has 0 bridgehead atoms. The number of nitrogens with zero attached hydrogens (tertiary/aromatic N) is 1. The summed E-state index contributed by atoms with van der Waals surface area (Å²) in [6.45, 7) is 4.02. The van der Waals surface area contributed by atoms with Gasteiger partial charge in [0.05, 0.1) is 25.3 Å². The molecule has 3 aromatic rings. The highest BCUT2D eigenvalue weighted by molar-refractivity contribution is 6.16. The van der Waals surface area contributed by atoms with Crippen molar-refractivity contribution in [1.82, 2.24) is 4.90 Å². The molecule has 0 N–H and O–H groups in total. The molecule has 0 unspecified atom stereocenters. The summed E-state index contributed by atoms with van der Waals surface area (Å²) in [5, 5.41) is 0. The second-order valence-electron chi connectivity index (χ2n) is 8.86. The summed E-state index contributed by atoms with van der Waals surface area (Å²) < 4.78 is 46.8. The van der Waals surface area contributed by atoms with Crippen LogP contribution in [0, 0.1) is 24.4 Å². The van der Waals surface area contributed by atoms with Crippen LogP contribution >= 0.6 is 0 Å². The first kappa shape index (κ1) is 25.9. The zero-order valence-electron chi connectivity index (χ0n) is 20.6. The quantitative estimate of drug-likeness (QED) is 0.365. The number of piperidine rings is 1. The molecule has 1 amide bonds.